The van der Waals surface area contributed by atoms with Crippen LogP contribution in [0.25, 0.3) is 0 Å². The van der Waals surface area contributed by atoms with Crippen molar-refractivity contribution in [2.24, 2.45) is 23.2 Å². The molecule has 0 saturated heterocycles. The highest BCUT2D eigenvalue weighted by Crippen LogP contribution is 2.54. The fraction of sp³-hybridized carbons (Fsp3) is 0.800. The Hall–Kier alpha value is -0.630. The molecule has 0 spiro atoms. The Labute approximate surface area is 104 Å². The highest BCUT2D eigenvalue weighted by atomic mass is 16.3. The van der Waals surface area contributed by atoms with Crippen LogP contribution in [0.3, 0.4) is 0 Å². The van der Waals surface area contributed by atoms with E-state index in [1.54, 1.807) is 0 Å². The molecule has 5 unspecified atom stereocenters. The van der Waals surface area contributed by atoms with Gasteiger partial charge in [-0.15, -0.1) is 0 Å². The van der Waals surface area contributed by atoms with Gasteiger partial charge in [0, 0.05) is 11.8 Å². The summed E-state index contributed by atoms with van der Waals surface area (Å²) in [4.78, 5) is 12.3. The molecule has 0 aromatic rings. The van der Waals surface area contributed by atoms with Crippen molar-refractivity contribution in [1.82, 2.24) is 0 Å². The number of hydrogen-bond donors (Lipinski definition) is 1. The summed E-state index contributed by atoms with van der Waals surface area (Å²) in [5.74, 6) is 0.666. The first-order chi connectivity index (χ1) is 7.88. The highest BCUT2D eigenvalue weighted by molar-refractivity contribution is 5.87. The molecular weight excluding hydrogens is 212 g/mol. The SMILES string of the molecule is C=C(C)C1CC2(C)C(C)CCCC2C(=O)C1O. The van der Waals surface area contributed by atoms with Crippen molar-refractivity contribution in [3.05, 3.63) is 12.2 Å². The van der Waals surface area contributed by atoms with Gasteiger partial charge in [-0.3, -0.25) is 4.79 Å². The van der Waals surface area contributed by atoms with E-state index in [-0.39, 0.29) is 23.0 Å². The monoisotopic (exact) mass is 236 g/mol. The molecule has 17 heavy (non-hydrogen) atoms. The zero-order valence-corrected chi connectivity index (χ0v) is 11.2. The molecule has 2 nitrogen and oxygen atoms in total. The smallest absolute Gasteiger partial charge is 0.165 e. The second-order valence-electron chi connectivity index (χ2n) is 6.39. The molecule has 0 aliphatic heterocycles. The van der Waals surface area contributed by atoms with Crippen LogP contribution in [0.4, 0.5) is 0 Å². The topological polar surface area (TPSA) is 37.3 Å². The molecule has 2 aliphatic carbocycles. The summed E-state index contributed by atoms with van der Waals surface area (Å²) in [5.41, 5.74) is 1.02. The standard InChI is InChI=1S/C15H24O2/c1-9(2)11-8-15(4)10(3)6-5-7-12(15)14(17)13(11)16/h10-13,16H,1,5-8H2,2-4H3. The number of fused-ring (bicyclic) bond motifs is 1. The van der Waals surface area contributed by atoms with Crippen molar-refractivity contribution in [2.75, 3.05) is 0 Å². The maximum Gasteiger partial charge on any atom is 0.165 e. The molecule has 0 radical (unpaired) electrons. The number of carbonyl (C=O) groups is 1. The maximum atomic E-state index is 12.3. The van der Waals surface area contributed by atoms with Crippen LogP contribution in [0.15, 0.2) is 12.2 Å². The van der Waals surface area contributed by atoms with Crippen molar-refractivity contribution in [3.63, 3.8) is 0 Å². The Morgan fingerprint density at radius 2 is 2.12 bits per heavy atom. The molecule has 2 saturated carbocycles. The number of hydrogen-bond acceptors (Lipinski definition) is 2. The van der Waals surface area contributed by atoms with Gasteiger partial charge < -0.3 is 5.11 Å². The summed E-state index contributed by atoms with van der Waals surface area (Å²) in [7, 11) is 0. The van der Waals surface area contributed by atoms with Crippen molar-refractivity contribution in [3.8, 4) is 0 Å². The first-order valence-corrected chi connectivity index (χ1v) is 6.75. The molecule has 2 aliphatic rings. The van der Waals surface area contributed by atoms with Crippen LogP contribution in [-0.2, 0) is 4.79 Å². The van der Waals surface area contributed by atoms with Crippen molar-refractivity contribution in [2.45, 2.75) is 52.6 Å². The van der Waals surface area contributed by atoms with Crippen LogP contribution in [0, 0.1) is 23.2 Å². The van der Waals surface area contributed by atoms with E-state index >= 15 is 0 Å². The lowest BCUT2D eigenvalue weighted by Crippen LogP contribution is -2.53. The van der Waals surface area contributed by atoms with Gasteiger partial charge in [0.15, 0.2) is 5.78 Å². The molecule has 0 aromatic heterocycles. The lowest BCUT2D eigenvalue weighted by atomic mass is 9.52. The Morgan fingerprint density at radius 3 is 2.71 bits per heavy atom. The molecule has 5 atom stereocenters. The predicted molar refractivity (Wildman–Crippen MR) is 68.5 cm³/mol. The van der Waals surface area contributed by atoms with Crippen molar-refractivity contribution < 1.29 is 9.90 Å². The van der Waals surface area contributed by atoms with E-state index < -0.39 is 6.10 Å². The molecule has 1 N–H and O–H groups in total. The molecular formula is C15H24O2. The van der Waals surface area contributed by atoms with E-state index in [4.69, 9.17) is 0 Å². The van der Waals surface area contributed by atoms with E-state index in [1.165, 1.54) is 6.42 Å². The van der Waals surface area contributed by atoms with Crippen LogP contribution in [-0.4, -0.2) is 17.0 Å². The van der Waals surface area contributed by atoms with Crippen molar-refractivity contribution >= 4 is 5.78 Å². The van der Waals surface area contributed by atoms with Gasteiger partial charge in [-0.1, -0.05) is 38.8 Å². The number of ketones is 1. The van der Waals surface area contributed by atoms with E-state index in [0.29, 0.717) is 5.92 Å². The van der Waals surface area contributed by atoms with Crippen LogP contribution < -0.4 is 0 Å². The number of Topliss-reactive ketones (excluding diaryl/α,β-unsaturated/α-hetero) is 1. The van der Waals surface area contributed by atoms with Gasteiger partial charge in [0.25, 0.3) is 0 Å². The van der Waals surface area contributed by atoms with Crippen LogP contribution >= 0.6 is 0 Å². The highest BCUT2D eigenvalue weighted by Gasteiger charge is 2.53. The van der Waals surface area contributed by atoms with Gasteiger partial charge in [0.05, 0.1) is 0 Å². The Balaban J connectivity index is 2.34. The largest absolute Gasteiger partial charge is 0.385 e. The second kappa shape index (κ2) is 4.24. The third kappa shape index (κ3) is 1.87. The van der Waals surface area contributed by atoms with E-state index in [2.05, 4.69) is 20.4 Å². The normalized spacial score (nSPS) is 46.5. The molecule has 0 amide bonds. The molecule has 2 fully saturated rings. The summed E-state index contributed by atoms with van der Waals surface area (Å²) in [6, 6.07) is 0. The van der Waals surface area contributed by atoms with Crippen LogP contribution in [0.5, 0.6) is 0 Å². The molecule has 0 bridgehead atoms. The van der Waals surface area contributed by atoms with Gasteiger partial charge in [-0.25, -0.2) is 0 Å². The molecule has 2 rings (SSSR count). The minimum atomic E-state index is -0.809. The van der Waals surface area contributed by atoms with E-state index in [9.17, 15) is 9.90 Å². The van der Waals surface area contributed by atoms with E-state index in [0.717, 1.165) is 24.8 Å². The molecule has 96 valence electrons. The van der Waals surface area contributed by atoms with Gasteiger partial charge in [-0.05, 0) is 31.1 Å². The fourth-order valence-electron chi connectivity index (χ4n) is 3.88. The minimum absolute atomic E-state index is 0.0377. The zero-order chi connectivity index (χ0) is 12.8. The lowest BCUT2D eigenvalue weighted by molar-refractivity contribution is -0.151. The summed E-state index contributed by atoms with van der Waals surface area (Å²) < 4.78 is 0. The summed E-state index contributed by atoms with van der Waals surface area (Å²) in [5, 5.41) is 10.1. The first-order valence-electron chi connectivity index (χ1n) is 6.75. The number of rotatable bonds is 1. The maximum absolute atomic E-state index is 12.3. The van der Waals surface area contributed by atoms with Gasteiger partial charge in [0.2, 0.25) is 0 Å². The lowest BCUT2D eigenvalue weighted by Gasteiger charge is -2.52. The quantitative estimate of drug-likeness (QED) is 0.711. The third-order valence-electron chi connectivity index (χ3n) is 5.36. The van der Waals surface area contributed by atoms with Gasteiger partial charge >= 0.3 is 0 Å². The Bertz CT molecular complexity index is 347. The summed E-state index contributed by atoms with van der Waals surface area (Å²) >= 11 is 0. The van der Waals surface area contributed by atoms with Gasteiger partial charge in [-0.2, -0.15) is 0 Å². The average molecular weight is 236 g/mol. The van der Waals surface area contributed by atoms with Crippen LogP contribution in [0.2, 0.25) is 0 Å². The number of aliphatic hydroxyl groups excluding tert-OH is 1. The fourth-order valence-corrected chi connectivity index (χ4v) is 3.88. The summed E-state index contributed by atoms with van der Waals surface area (Å²) in [6.07, 6.45) is 3.40. The van der Waals surface area contributed by atoms with Crippen molar-refractivity contribution in [1.29, 1.82) is 0 Å². The molecule has 0 aromatic carbocycles. The number of carbonyl (C=O) groups excluding carboxylic acids is 1. The molecule has 0 heterocycles. The zero-order valence-electron chi connectivity index (χ0n) is 11.2. The Morgan fingerprint density at radius 1 is 1.47 bits per heavy atom. The minimum Gasteiger partial charge on any atom is -0.385 e. The average Bonchev–Trinajstić information content (AvgIpc) is 2.26. The van der Waals surface area contributed by atoms with E-state index in [1.807, 2.05) is 6.92 Å². The second-order valence-corrected chi connectivity index (χ2v) is 6.39. The van der Waals surface area contributed by atoms with Crippen LogP contribution in [0.1, 0.15) is 46.5 Å². The summed E-state index contributed by atoms with van der Waals surface area (Å²) in [6.45, 7) is 10.4. The predicted octanol–water partition coefficient (Wildman–Crippen LogP) is 2.95. The first kappa shape index (κ1) is 12.8. The van der Waals surface area contributed by atoms with Gasteiger partial charge in [0.1, 0.15) is 6.10 Å². The number of aliphatic hydroxyl groups is 1. The Kier molecular flexibility index (Phi) is 3.19. The molecule has 2 heteroatoms. The third-order valence-corrected chi connectivity index (χ3v) is 5.36.